The van der Waals surface area contributed by atoms with E-state index in [0.717, 1.165) is 21.7 Å². The maximum atomic E-state index is 13.5. The van der Waals surface area contributed by atoms with E-state index in [4.69, 9.17) is 9.47 Å². The van der Waals surface area contributed by atoms with Crippen LogP contribution in [0.25, 0.3) is 6.08 Å². The Balaban J connectivity index is 1.62. The second-order valence-corrected chi connectivity index (χ2v) is 8.37. The molecule has 3 aromatic carbocycles. The molecule has 0 saturated heterocycles. The van der Waals surface area contributed by atoms with Crippen molar-refractivity contribution in [2.24, 2.45) is 0 Å². The van der Waals surface area contributed by atoms with Crippen LogP contribution in [0, 0.1) is 0 Å². The van der Waals surface area contributed by atoms with Gasteiger partial charge < -0.3 is 9.47 Å². The smallest absolute Gasteiger partial charge is 0.430 e. The van der Waals surface area contributed by atoms with Gasteiger partial charge in [0, 0.05) is 0 Å². The number of ether oxygens (including phenoxy) is 2. The molecule has 4 rings (SSSR count). The molecule has 0 aromatic heterocycles. The number of carbonyl (C=O) groups is 3. The number of Topliss-reactive ketones (excluding diaryl/α,β-unsaturated/α-hetero) is 1. The molecule has 7 nitrogen and oxygen atoms in total. The van der Waals surface area contributed by atoms with Crippen molar-refractivity contribution in [3.63, 3.8) is 0 Å². The molecular weight excluding hydrogens is 444 g/mol. The number of fused-ring (bicyclic) bond motifs is 1. The molecule has 35 heavy (non-hydrogen) atoms. The van der Waals surface area contributed by atoms with Crippen LogP contribution in [-0.4, -0.2) is 23.0 Å². The van der Waals surface area contributed by atoms with Crippen molar-refractivity contribution in [2.75, 3.05) is 0 Å². The third-order valence-corrected chi connectivity index (χ3v) is 5.91. The summed E-state index contributed by atoms with van der Waals surface area (Å²) in [7, 11) is 0. The summed E-state index contributed by atoms with van der Waals surface area (Å²) >= 11 is 0. The van der Waals surface area contributed by atoms with E-state index in [-0.39, 0.29) is 19.0 Å². The van der Waals surface area contributed by atoms with Crippen molar-refractivity contribution in [2.45, 2.75) is 32.6 Å². The van der Waals surface area contributed by atoms with Crippen molar-refractivity contribution in [1.82, 2.24) is 10.4 Å². The fraction of sp³-hybridized carbons (Fsp3) is 0.179. The minimum Gasteiger partial charge on any atom is -0.443 e. The molecule has 0 radical (unpaired) electrons. The Morgan fingerprint density at radius 2 is 1.37 bits per heavy atom. The molecule has 2 amide bonds. The zero-order valence-electron chi connectivity index (χ0n) is 19.6. The number of nitrogens with zero attached hydrogens (tertiary/aromatic N) is 1. The van der Waals surface area contributed by atoms with Crippen LogP contribution in [0.4, 0.5) is 9.59 Å². The van der Waals surface area contributed by atoms with Gasteiger partial charge in [0.05, 0.1) is 0 Å². The first kappa shape index (κ1) is 23.8. The van der Waals surface area contributed by atoms with Crippen LogP contribution in [0.1, 0.15) is 36.1 Å². The van der Waals surface area contributed by atoms with E-state index in [1.54, 1.807) is 32.1 Å². The average molecular weight is 471 g/mol. The Bertz CT molecular complexity index is 1260. The van der Waals surface area contributed by atoms with Crippen LogP contribution in [0.15, 0.2) is 90.5 Å². The van der Waals surface area contributed by atoms with E-state index in [9.17, 15) is 14.4 Å². The lowest BCUT2D eigenvalue weighted by atomic mass is 9.77. The van der Waals surface area contributed by atoms with Crippen molar-refractivity contribution in [3.05, 3.63) is 113 Å². The molecule has 0 bridgehead atoms. The summed E-state index contributed by atoms with van der Waals surface area (Å²) in [6.45, 7) is 3.24. The van der Waals surface area contributed by atoms with E-state index in [0.29, 0.717) is 11.1 Å². The number of amides is 2. The first-order valence-electron chi connectivity index (χ1n) is 11.2. The molecule has 0 unspecified atom stereocenters. The number of carbonyl (C=O) groups excluding carboxylic acids is 3. The number of hydrazine groups is 1. The van der Waals surface area contributed by atoms with Crippen molar-refractivity contribution < 1.29 is 23.9 Å². The zero-order valence-corrected chi connectivity index (χ0v) is 19.6. The van der Waals surface area contributed by atoms with E-state index in [1.165, 1.54) is 0 Å². The molecule has 1 aliphatic rings. The van der Waals surface area contributed by atoms with E-state index < -0.39 is 17.7 Å². The Hall–Kier alpha value is -4.39. The normalized spacial score (nSPS) is 16.5. The van der Waals surface area contributed by atoms with Crippen molar-refractivity contribution >= 4 is 24.0 Å². The van der Waals surface area contributed by atoms with Gasteiger partial charge in [-0.3, -0.25) is 4.79 Å². The summed E-state index contributed by atoms with van der Waals surface area (Å²) in [5.41, 5.74) is 4.26. The van der Waals surface area contributed by atoms with Crippen molar-refractivity contribution in [3.8, 4) is 0 Å². The fourth-order valence-corrected chi connectivity index (χ4v) is 4.06. The van der Waals surface area contributed by atoms with Gasteiger partial charge >= 0.3 is 12.2 Å². The Morgan fingerprint density at radius 1 is 0.829 bits per heavy atom. The van der Waals surface area contributed by atoms with Gasteiger partial charge in [0.1, 0.15) is 13.2 Å². The van der Waals surface area contributed by atoms with Gasteiger partial charge in [0.25, 0.3) is 0 Å². The number of hydrogen-bond acceptors (Lipinski definition) is 5. The first-order valence-corrected chi connectivity index (χ1v) is 11.2. The lowest BCUT2D eigenvalue weighted by Crippen LogP contribution is -2.61. The average Bonchev–Trinajstić information content (AvgIpc) is 2.89. The topological polar surface area (TPSA) is 84.9 Å². The summed E-state index contributed by atoms with van der Waals surface area (Å²) in [4.78, 5) is 39.6. The number of nitrogens with one attached hydrogen (secondary N) is 1. The summed E-state index contributed by atoms with van der Waals surface area (Å²) in [6, 6.07) is 25.5. The molecule has 3 aromatic rings. The standard InChI is InChI=1S/C28H26N2O5/c1-20-17-23-15-9-10-16-24(23)28(2,25(20)31)30(27(33)35-19-22-13-7-4-8-14-22)29-26(32)34-18-21-11-5-3-6-12-21/h3-17H,18-19H2,1-2H3,(H,29,32)/t28-/m0/s1. The largest absolute Gasteiger partial charge is 0.443 e. The predicted molar refractivity (Wildman–Crippen MR) is 131 cm³/mol. The quantitative estimate of drug-likeness (QED) is 0.507. The lowest BCUT2D eigenvalue weighted by molar-refractivity contribution is -0.128. The molecule has 0 aliphatic heterocycles. The van der Waals surface area contributed by atoms with Crippen LogP contribution >= 0.6 is 0 Å². The van der Waals surface area contributed by atoms with Crippen LogP contribution in [0.3, 0.4) is 0 Å². The predicted octanol–water partition coefficient (Wildman–Crippen LogP) is 5.37. The molecule has 0 fully saturated rings. The van der Waals surface area contributed by atoms with Crippen LogP contribution in [0.5, 0.6) is 0 Å². The monoisotopic (exact) mass is 470 g/mol. The third-order valence-electron chi connectivity index (χ3n) is 5.91. The van der Waals surface area contributed by atoms with Gasteiger partial charge in [0.15, 0.2) is 11.3 Å². The Kier molecular flexibility index (Phi) is 6.96. The molecule has 1 atom stereocenters. The maximum Gasteiger partial charge on any atom is 0.430 e. The molecule has 178 valence electrons. The van der Waals surface area contributed by atoms with Gasteiger partial charge in [0.2, 0.25) is 0 Å². The molecule has 1 aliphatic carbocycles. The van der Waals surface area contributed by atoms with Crippen molar-refractivity contribution in [1.29, 1.82) is 0 Å². The number of ketones is 1. The number of benzene rings is 3. The lowest BCUT2D eigenvalue weighted by Gasteiger charge is -2.41. The van der Waals surface area contributed by atoms with E-state index in [2.05, 4.69) is 5.43 Å². The SMILES string of the molecule is CC1=Cc2ccccc2[C@](C)(N(NC(=O)OCc2ccccc2)C(=O)OCc2ccccc2)C1=O. The number of hydrogen-bond donors (Lipinski definition) is 1. The minimum atomic E-state index is -1.55. The summed E-state index contributed by atoms with van der Waals surface area (Å²) in [6.07, 6.45) is -0.00392. The third kappa shape index (κ3) is 5.09. The molecular formula is C28H26N2O5. The van der Waals surface area contributed by atoms with Gasteiger partial charge in [-0.15, -0.1) is 0 Å². The molecule has 0 saturated carbocycles. The second-order valence-electron chi connectivity index (χ2n) is 8.37. The van der Waals surface area contributed by atoms with Gasteiger partial charge in [-0.25, -0.2) is 15.0 Å². The fourth-order valence-electron chi connectivity index (χ4n) is 4.06. The van der Waals surface area contributed by atoms with Gasteiger partial charge in [-0.05, 0) is 47.8 Å². The van der Waals surface area contributed by atoms with Crippen LogP contribution in [-0.2, 0) is 33.0 Å². The highest BCUT2D eigenvalue weighted by Gasteiger charge is 2.49. The highest BCUT2D eigenvalue weighted by molar-refractivity contribution is 6.10. The van der Waals surface area contributed by atoms with Crippen LogP contribution < -0.4 is 5.43 Å². The Labute approximate surface area is 203 Å². The highest BCUT2D eigenvalue weighted by Crippen LogP contribution is 2.38. The second kappa shape index (κ2) is 10.3. The highest BCUT2D eigenvalue weighted by atomic mass is 16.6. The van der Waals surface area contributed by atoms with Gasteiger partial charge in [-0.1, -0.05) is 84.9 Å². The first-order chi connectivity index (χ1) is 16.9. The van der Waals surface area contributed by atoms with E-state index in [1.807, 2.05) is 72.8 Å². The summed E-state index contributed by atoms with van der Waals surface area (Å²) in [5, 5.41) is 0.931. The molecule has 0 spiro atoms. The Morgan fingerprint density at radius 3 is 2.00 bits per heavy atom. The summed E-state index contributed by atoms with van der Waals surface area (Å²) < 4.78 is 10.8. The zero-order chi connectivity index (χ0) is 24.8. The number of rotatable bonds is 5. The summed E-state index contributed by atoms with van der Waals surface area (Å²) in [5.74, 6) is -0.337. The molecule has 1 N–H and O–H groups in total. The molecule has 7 heteroatoms. The molecule has 0 heterocycles. The maximum absolute atomic E-state index is 13.5. The van der Waals surface area contributed by atoms with Crippen LogP contribution in [0.2, 0.25) is 0 Å². The minimum absolute atomic E-state index is 0.000243. The van der Waals surface area contributed by atoms with Gasteiger partial charge in [-0.2, -0.15) is 5.01 Å². The van der Waals surface area contributed by atoms with E-state index >= 15 is 0 Å².